The largest absolute Gasteiger partial charge is 0.489 e. The number of rotatable bonds is 10. The minimum absolute atomic E-state index is 0.144. The summed E-state index contributed by atoms with van der Waals surface area (Å²) in [7, 11) is 0. The van der Waals surface area contributed by atoms with Crippen LogP contribution in [0, 0.1) is 0 Å². The first kappa shape index (κ1) is 17.7. The molecule has 2 aromatic rings. The van der Waals surface area contributed by atoms with Crippen molar-refractivity contribution in [3.05, 3.63) is 53.9 Å². The first-order valence-corrected chi connectivity index (χ1v) is 7.82. The van der Waals surface area contributed by atoms with E-state index in [2.05, 4.69) is 4.98 Å². The third-order valence-electron chi connectivity index (χ3n) is 3.19. The van der Waals surface area contributed by atoms with Gasteiger partial charge in [0.15, 0.2) is 17.2 Å². The lowest BCUT2D eigenvalue weighted by atomic mass is 10.2. The Morgan fingerprint density at radius 2 is 1.92 bits per heavy atom. The van der Waals surface area contributed by atoms with Gasteiger partial charge in [0, 0.05) is 31.9 Å². The van der Waals surface area contributed by atoms with E-state index in [1.807, 2.05) is 37.3 Å². The Hall–Kier alpha value is -2.60. The molecule has 1 N–H and O–H groups in total. The van der Waals surface area contributed by atoms with Crippen LogP contribution in [-0.4, -0.2) is 35.9 Å². The maximum atomic E-state index is 11.4. The molecular weight excluding hydrogens is 310 g/mol. The van der Waals surface area contributed by atoms with Crippen molar-refractivity contribution >= 4 is 5.97 Å². The molecule has 2 rings (SSSR count). The molecule has 1 aromatic heterocycles. The van der Waals surface area contributed by atoms with E-state index in [9.17, 15) is 9.90 Å². The fourth-order valence-electron chi connectivity index (χ4n) is 2.05. The lowest BCUT2D eigenvalue weighted by Gasteiger charge is -2.14. The number of pyridine rings is 1. The summed E-state index contributed by atoms with van der Waals surface area (Å²) in [5.74, 6) is -0.641. The molecule has 0 bridgehead atoms. The van der Waals surface area contributed by atoms with Gasteiger partial charge < -0.3 is 19.3 Å². The van der Waals surface area contributed by atoms with Crippen LogP contribution in [-0.2, 0) is 11.3 Å². The molecule has 0 aliphatic carbocycles. The Morgan fingerprint density at radius 3 is 2.62 bits per heavy atom. The Morgan fingerprint density at radius 1 is 1.12 bits per heavy atom. The van der Waals surface area contributed by atoms with Crippen LogP contribution in [0.1, 0.15) is 29.4 Å². The van der Waals surface area contributed by atoms with Crippen LogP contribution in [0.3, 0.4) is 0 Å². The highest BCUT2D eigenvalue weighted by atomic mass is 16.5. The molecule has 1 aromatic carbocycles. The monoisotopic (exact) mass is 331 g/mol. The molecule has 0 saturated heterocycles. The molecular formula is C18H21NO5. The smallest absolute Gasteiger partial charge is 0.358 e. The summed E-state index contributed by atoms with van der Waals surface area (Å²) >= 11 is 0. The number of aromatic nitrogens is 1. The molecule has 1 heterocycles. The number of nitrogens with zero attached hydrogens (tertiary/aromatic N) is 1. The molecule has 0 saturated carbocycles. The fraction of sp³-hybridized carbons (Fsp3) is 0.333. The summed E-state index contributed by atoms with van der Waals surface area (Å²) in [5, 5.41) is 9.31. The van der Waals surface area contributed by atoms with E-state index < -0.39 is 5.97 Å². The normalized spacial score (nSPS) is 10.4. The van der Waals surface area contributed by atoms with Crippen molar-refractivity contribution in [3.8, 4) is 11.5 Å². The Kier molecular flexibility index (Phi) is 7.04. The average Bonchev–Trinajstić information content (AvgIpc) is 2.61. The van der Waals surface area contributed by atoms with Crippen molar-refractivity contribution in [2.24, 2.45) is 0 Å². The zero-order chi connectivity index (χ0) is 17.2. The second-order valence-corrected chi connectivity index (χ2v) is 4.97. The maximum Gasteiger partial charge on any atom is 0.358 e. The Balaban J connectivity index is 2.08. The summed E-state index contributed by atoms with van der Waals surface area (Å²) in [6.07, 6.45) is 2.10. The summed E-state index contributed by atoms with van der Waals surface area (Å²) in [6.45, 7) is 3.82. The molecule has 0 atom stereocenters. The highest BCUT2D eigenvalue weighted by Gasteiger charge is 2.18. The van der Waals surface area contributed by atoms with E-state index in [1.165, 1.54) is 6.20 Å². The van der Waals surface area contributed by atoms with Gasteiger partial charge in [-0.25, -0.2) is 9.78 Å². The molecule has 0 radical (unpaired) electrons. The Bertz CT molecular complexity index is 645. The number of carbonyl (C=O) groups is 1. The van der Waals surface area contributed by atoms with Crippen molar-refractivity contribution in [1.29, 1.82) is 0 Å². The summed E-state index contributed by atoms with van der Waals surface area (Å²) < 4.78 is 16.6. The number of carboxylic acids is 1. The first-order valence-electron chi connectivity index (χ1n) is 7.82. The van der Waals surface area contributed by atoms with E-state index in [1.54, 1.807) is 6.07 Å². The standard InChI is InChI=1S/C18H21NO5/c1-2-22-11-6-12-23-15-9-10-19-16(18(20)21)17(15)24-13-14-7-4-3-5-8-14/h3-5,7-10H,2,6,11-13H2,1H3,(H,20,21). The lowest BCUT2D eigenvalue weighted by molar-refractivity contribution is 0.0683. The second kappa shape index (κ2) is 9.52. The molecule has 0 unspecified atom stereocenters. The molecule has 6 nitrogen and oxygen atoms in total. The summed E-state index contributed by atoms with van der Waals surface area (Å²) in [5.41, 5.74) is 0.772. The van der Waals surface area contributed by atoms with Crippen molar-refractivity contribution in [2.75, 3.05) is 19.8 Å². The molecule has 6 heteroatoms. The van der Waals surface area contributed by atoms with Crippen LogP contribution < -0.4 is 9.47 Å². The number of aromatic carboxylic acids is 1. The van der Waals surface area contributed by atoms with Crippen molar-refractivity contribution in [3.63, 3.8) is 0 Å². The van der Waals surface area contributed by atoms with Gasteiger partial charge in [-0.15, -0.1) is 0 Å². The number of hydrogen-bond acceptors (Lipinski definition) is 5. The van der Waals surface area contributed by atoms with Gasteiger partial charge in [0.05, 0.1) is 6.61 Å². The van der Waals surface area contributed by atoms with E-state index in [4.69, 9.17) is 14.2 Å². The van der Waals surface area contributed by atoms with Crippen LogP contribution in [0.15, 0.2) is 42.6 Å². The minimum Gasteiger partial charge on any atom is -0.489 e. The molecule has 128 valence electrons. The third-order valence-corrected chi connectivity index (χ3v) is 3.19. The number of benzene rings is 1. The molecule has 0 aliphatic heterocycles. The lowest BCUT2D eigenvalue weighted by Crippen LogP contribution is -2.09. The minimum atomic E-state index is -1.15. The van der Waals surface area contributed by atoms with Crippen LogP contribution >= 0.6 is 0 Å². The molecule has 0 aliphatic rings. The zero-order valence-corrected chi connectivity index (χ0v) is 13.6. The van der Waals surface area contributed by atoms with Gasteiger partial charge in [-0.2, -0.15) is 0 Å². The van der Waals surface area contributed by atoms with Gasteiger partial charge in [0.1, 0.15) is 6.61 Å². The SMILES string of the molecule is CCOCCCOc1ccnc(C(=O)O)c1OCc1ccccc1. The van der Waals surface area contributed by atoms with E-state index >= 15 is 0 Å². The van der Waals surface area contributed by atoms with Gasteiger partial charge in [-0.05, 0) is 12.5 Å². The van der Waals surface area contributed by atoms with Gasteiger partial charge in [0.2, 0.25) is 0 Å². The van der Waals surface area contributed by atoms with Crippen LogP contribution in [0.4, 0.5) is 0 Å². The van der Waals surface area contributed by atoms with Gasteiger partial charge in [0.25, 0.3) is 0 Å². The second-order valence-electron chi connectivity index (χ2n) is 4.97. The van der Waals surface area contributed by atoms with Crippen molar-refractivity contribution < 1.29 is 24.1 Å². The van der Waals surface area contributed by atoms with Crippen LogP contribution in [0.5, 0.6) is 11.5 Å². The number of ether oxygens (including phenoxy) is 3. The fourth-order valence-corrected chi connectivity index (χ4v) is 2.05. The zero-order valence-electron chi connectivity index (χ0n) is 13.6. The van der Waals surface area contributed by atoms with Gasteiger partial charge in [-0.1, -0.05) is 30.3 Å². The third kappa shape index (κ3) is 5.24. The highest BCUT2D eigenvalue weighted by molar-refractivity contribution is 5.89. The van der Waals surface area contributed by atoms with Crippen molar-refractivity contribution in [2.45, 2.75) is 20.0 Å². The van der Waals surface area contributed by atoms with Crippen LogP contribution in [0.2, 0.25) is 0 Å². The molecule has 24 heavy (non-hydrogen) atoms. The van der Waals surface area contributed by atoms with Gasteiger partial charge in [-0.3, -0.25) is 0 Å². The number of carboxylic acid groups (broad SMARTS) is 1. The average molecular weight is 331 g/mol. The summed E-state index contributed by atoms with van der Waals surface area (Å²) in [6, 6.07) is 11.1. The van der Waals surface area contributed by atoms with E-state index in [-0.39, 0.29) is 18.1 Å². The molecule has 0 amide bonds. The Labute approximate surface area is 141 Å². The van der Waals surface area contributed by atoms with Crippen LogP contribution in [0.25, 0.3) is 0 Å². The highest BCUT2D eigenvalue weighted by Crippen LogP contribution is 2.30. The van der Waals surface area contributed by atoms with Crippen molar-refractivity contribution in [1.82, 2.24) is 4.98 Å². The van der Waals surface area contributed by atoms with Gasteiger partial charge >= 0.3 is 5.97 Å². The maximum absolute atomic E-state index is 11.4. The predicted octanol–water partition coefficient (Wildman–Crippen LogP) is 3.16. The topological polar surface area (TPSA) is 77.9 Å². The number of hydrogen-bond donors (Lipinski definition) is 1. The van der Waals surface area contributed by atoms with E-state index in [0.29, 0.717) is 32.0 Å². The molecule has 0 spiro atoms. The summed E-state index contributed by atoms with van der Waals surface area (Å²) in [4.78, 5) is 15.3. The predicted molar refractivity (Wildman–Crippen MR) is 88.6 cm³/mol. The quantitative estimate of drug-likeness (QED) is 0.674. The molecule has 0 fully saturated rings. The first-order chi connectivity index (χ1) is 11.7. The van der Waals surface area contributed by atoms with E-state index in [0.717, 1.165) is 5.56 Å².